The van der Waals surface area contributed by atoms with Crippen molar-refractivity contribution in [3.63, 3.8) is 0 Å². The van der Waals surface area contributed by atoms with Gasteiger partial charge < -0.3 is 30.4 Å². The highest BCUT2D eigenvalue weighted by Gasteiger charge is 2.24. The monoisotopic (exact) mass is 422 g/mol. The first-order chi connectivity index (χ1) is 14.8. The lowest BCUT2D eigenvalue weighted by atomic mass is 9.83. The van der Waals surface area contributed by atoms with Crippen LogP contribution in [0, 0.1) is 13.8 Å². The van der Waals surface area contributed by atoms with E-state index in [0.717, 1.165) is 16.7 Å². The summed E-state index contributed by atoms with van der Waals surface area (Å²) < 4.78 is 22.1. The topological polar surface area (TPSA) is 89.0 Å². The van der Waals surface area contributed by atoms with Crippen LogP contribution in [-0.4, -0.2) is 28.4 Å². The Labute approximate surface area is 183 Å². The van der Waals surface area contributed by atoms with Gasteiger partial charge in [0.2, 0.25) is 0 Å². The summed E-state index contributed by atoms with van der Waals surface area (Å²) >= 11 is 0. The zero-order valence-electron chi connectivity index (χ0n) is 18.9. The highest BCUT2D eigenvalue weighted by Crippen LogP contribution is 2.44. The van der Waals surface area contributed by atoms with E-state index in [4.69, 9.17) is 30.4 Å². The Morgan fingerprint density at radius 1 is 0.516 bits per heavy atom. The van der Waals surface area contributed by atoms with Gasteiger partial charge in [0.05, 0.1) is 28.4 Å². The van der Waals surface area contributed by atoms with Crippen LogP contribution in [0.1, 0.15) is 33.7 Å². The van der Waals surface area contributed by atoms with Gasteiger partial charge in [0.1, 0.15) is 34.4 Å². The van der Waals surface area contributed by atoms with Crippen molar-refractivity contribution in [1.29, 1.82) is 0 Å². The first kappa shape index (κ1) is 22.2. The van der Waals surface area contributed by atoms with Crippen LogP contribution < -0.4 is 30.4 Å². The molecular weight excluding hydrogens is 392 g/mol. The normalized spacial score (nSPS) is 10.8. The molecule has 3 aromatic rings. The van der Waals surface area contributed by atoms with Crippen LogP contribution in [0.25, 0.3) is 0 Å². The molecule has 0 saturated heterocycles. The first-order valence-corrected chi connectivity index (χ1v) is 9.93. The Hall–Kier alpha value is -3.54. The van der Waals surface area contributed by atoms with Crippen LogP contribution in [0.2, 0.25) is 0 Å². The number of benzene rings is 3. The molecule has 4 N–H and O–H groups in total. The third-order valence-corrected chi connectivity index (χ3v) is 5.38. The summed E-state index contributed by atoms with van der Waals surface area (Å²) in [6.07, 6.45) is 0. The lowest BCUT2D eigenvalue weighted by Crippen LogP contribution is -2.08. The summed E-state index contributed by atoms with van der Waals surface area (Å²) in [5, 5.41) is 0. The fraction of sp³-hybridized carbons (Fsp3) is 0.280. The standard InChI is InChI=1S/C25H30N2O4/c1-14-7-15(2)9-16(8-14)23(17-10-19(28-3)24(26)20(11-17)29-4)18-12-21(30-5)25(27)22(13-18)31-6/h7-13,23H,26-27H2,1-6H3. The van der Waals surface area contributed by atoms with Gasteiger partial charge in [-0.05, 0) is 54.8 Å². The SMILES string of the molecule is COc1cc(C(c2cc(C)cc(C)c2)c2cc(OC)c(N)c(OC)c2)cc(OC)c1N. The Morgan fingerprint density at radius 3 is 1.10 bits per heavy atom. The Morgan fingerprint density at radius 2 is 0.806 bits per heavy atom. The second-order valence-electron chi connectivity index (χ2n) is 7.53. The Kier molecular flexibility index (Phi) is 6.49. The summed E-state index contributed by atoms with van der Waals surface area (Å²) in [5.74, 6) is 2.05. The molecule has 6 heteroatoms. The van der Waals surface area contributed by atoms with E-state index in [2.05, 4.69) is 32.0 Å². The van der Waals surface area contributed by atoms with E-state index in [-0.39, 0.29) is 5.92 Å². The molecule has 164 valence electrons. The lowest BCUT2D eigenvalue weighted by molar-refractivity contribution is 0.396. The van der Waals surface area contributed by atoms with Crippen molar-refractivity contribution in [2.75, 3.05) is 39.9 Å². The van der Waals surface area contributed by atoms with E-state index in [1.807, 2.05) is 24.3 Å². The highest BCUT2D eigenvalue weighted by atomic mass is 16.5. The number of hydrogen-bond donors (Lipinski definition) is 2. The first-order valence-electron chi connectivity index (χ1n) is 9.93. The molecule has 0 amide bonds. The molecular formula is C25H30N2O4. The highest BCUT2D eigenvalue weighted by molar-refractivity contribution is 5.69. The number of nitrogens with two attached hydrogens (primary N) is 2. The molecule has 0 saturated carbocycles. The van der Waals surface area contributed by atoms with Crippen LogP contribution in [0.15, 0.2) is 42.5 Å². The van der Waals surface area contributed by atoms with Crippen molar-refractivity contribution >= 4 is 11.4 Å². The molecule has 31 heavy (non-hydrogen) atoms. The van der Waals surface area contributed by atoms with E-state index in [1.165, 1.54) is 11.1 Å². The smallest absolute Gasteiger partial charge is 0.145 e. The van der Waals surface area contributed by atoms with E-state index < -0.39 is 0 Å². The maximum absolute atomic E-state index is 6.20. The molecule has 0 radical (unpaired) electrons. The molecule has 0 atom stereocenters. The number of ether oxygens (including phenoxy) is 4. The molecule has 0 aromatic heterocycles. The minimum absolute atomic E-state index is 0.162. The van der Waals surface area contributed by atoms with E-state index in [0.29, 0.717) is 34.4 Å². The molecule has 0 aliphatic heterocycles. The van der Waals surface area contributed by atoms with Gasteiger partial charge in [-0.1, -0.05) is 29.3 Å². The fourth-order valence-electron chi connectivity index (χ4n) is 4.01. The van der Waals surface area contributed by atoms with Gasteiger partial charge in [0.25, 0.3) is 0 Å². The Bertz CT molecular complexity index is 963. The van der Waals surface area contributed by atoms with Crippen LogP contribution in [0.4, 0.5) is 11.4 Å². The van der Waals surface area contributed by atoms with E-state index in [9.17, 15) is 0 Å². The molecule has 0 unspecified atom stereocenters. The minimum atomic E-state index is -0.162. The fourth-order valence-corrected chi connectivity index (χ4v) is 4.01. The zero-order chi connectivity index (χ0) is 22.7. The Balaban J connectivity index is 2.35. The number of aryl methyl sites for hydroxylation is 2. The predicted molar refractivity (Wildman–Crippen MR) is 125 cm³/mol. The average molecular weight is 423 g/mol. The molecule has 0 fully saturated rings. The summed E-state index contributed by atoms with van der Waals surface area (Å²) in [4.78, 5) is 0. The number of hydrogen-bond acceptors (Lipinski definition) is 6. The van der Waals surface area contributed by atoms with Crippen LogP contribution in [-0.2, 0) is 0 Å². The summed E-state index contributed by atoms with van der Waals surface area (Å²) in [6, 6.07) is 14.2. The van der Waals surface area contributed by atoms with Crippen molar-refractivity contribution in [3.8, 4) is 23.0 Å². The number of anilines is 2. The maximum atomic E-state index is 6.20. The van der Waals surface area contributed by atoms with Crippen LogP contribution in [0.5, 0.6) is 23.0 Å². The summed E-state index contributed by atoms with van der Waals surface area (Å²) in [7, 11) is 6.37. The molecule has 0 aliphatic rings. The average Bonchev–Trinajstić information content (AvgIpc) is 2.74. The van der Waals surface area contributed by atoms with Gasteiger partial charge >= 0.3 is 0 Å². The van der Waals surface area contributed by atoms with Crippen LogP contribution >= 0.6 is 0 Å². The van der Waals surface area contributed by atoms with E-state index >= 15 is 0 Å². The quantitative estimate of drug-likeness (QED) is 0.424. The van der Waals surface area contributed by atoms with Gasteiger partial charge in [-0.2, -0.15) is 0 Å². The maximum Gasteiger partial charge on any atom is 0.145 e. The van der Waals surface area contributed by atoms with E-state index in [1.54, 1.807) is 28.4 Å². The van der Waals surface area contributed by atoms with Crippen molar-refractivity contribution in [2.45, 2.75) is 19.8 Å². The summed E-state index contributed by atoms with van der Waals surface area (Å²) in [5.41, 5.74) is 18.7. The lowest BCUT2D eigenvalue weighted by Gasteiger charge is -2.24. The van der Waals surface area contributed by atoms with Crippen molar-refractivity contribution in [1.82, 2.24) is 0 Å². The van der Waals surface area contributed by atoms with Gasteiger partial charge in [0, 0.05) is 5.92 Å². The molecule has 0 spiro atoms. The van der Waals surface area contributed by atoms with Gasteiger partial charge in [-0.25, -0.2) is 0 Å². The molecule has 0 aliphatic carbocycles. The number of nitrogen functional groups attached to an aromatic ring is 2. The molecule has 0 bridgehead atoms. The third-order valence-electron chi connectivity index (χ3n) is 5.38. The van der Waals surface area contributed by atoms with Gasteiger partial charge in [0.15, 0.2) is 0 Å². The number of methoxy groups -OCH3 is 4. The van der Waals surface area contributed by atoms with Gasteiger partial charge in [-0.3, -0.25) is 0 Å². The zero-order valence-corrected chi connectivity index (χ0v) is 18.9. The second-order valence-corrected chi connectivity index (χ2v) is 7.53. The number of rotatable bonds is 7. The predicted octanol–water partition coefficient (Wildman–Crippen LogP) is 4.68. The van der Waals surface area contributed by atoms with Crippen LogP contribution in [0.3, 0.4) is 0 Å². The molecule has 6 nitrogen and oxygen atoms in total. The largest absolute Gasteiger partial charge is 0.494 e. The van der Waals surface area contributed by atoms with Crippen molar-refractivity contribution < 1.29 is 18.9 Å². The molecule has 3 rings (SSSR count). The third kappa shape index (κ3) is 4.33. The molecule has 0 heterocycles. The minimum Gasteiger partial charge on any atom is -0.494 e. The van der Waals surface area contributed by atoms with Gasteiger partial charge in [-0.15, -0.1) is 0 Å². The van der Waals surface area contributed by atoms with Crippen molar-refractivity contribution in [3.05, 3.63) is 70.3 Å². The summed E-state index contributed by atoms with van der Waals surface area (Å²) in [6.45, 7) is 4.17. The van der Waals surface area contributed by atoms with Crippen molar-refractivity contribution in [2.24, 2.45) is 0 Å². The molecule has 3 aromatic carbocycles. The second kappa shape index (κ2) is 9.08.